The molecule has 4 rings (SSSR count). The largest absolute Gasteiger partial charge is 0.388 e. The zero-order valence-electron chi connectivity index (χ0n) is 18.6. The first kappa shape index (κ1) is 21.5. The molecule has 0 bridgehead atoms. The summed E-state index contributed by atoms with van der Waals surface area (Å²) in [7, 11) is 0. The van der Waals surface area contributed by atoms with Crippen LogP contribution in [0.15, 0.2) is 17.4 Å². The second-order valence-corrected chi connectivity index (χ2v) is 9.96. The zero-order valence-corrected chi connectivity index (χ0v) is 18.6. The van der Waals surface area contributed by atoms with Crippen molar-refractivity contribution in [1.82, 2.24) is 15.5 Å². The van der Waals surface area contributed by atoms with E-state index in [0.717, 1.165) is 18.7 Å². The first-order chi connectivity index (χ1) is 14.4. The highest BCUT2D eigenvalue weighted by atomic mass is 16.3. The van der Waals surface area contributed by atoms with E-state index in [0.29, 0.717) is 37.2 Å². The normalized spacial score (nSPS) is 41.6. The molecule has 2 saturated heterocycles. The summed E-state index contributed by atoms with van der Waals surface area (Å²) >= 11 is 0. The van der Waals surface area contributed by atoms with Gasteiger partial charge in [0.2, 0.25) is 5.91 Å². The van der Waals surface area contributed by atoms with Crippen molar-refractivity contribution in [2.24, 2.45) is 28.5 Å². The molecular weight excluding hydrogens is 378 g/mol. The molecule has 2 aliphatic carbocycles. The number of amides is 1. The quantitative estimate of drug-likeness (QED) is 0.412. The van der Waals surface area contributed by atoms with E-state index in [4.69, 9.17) is 5.73 Å². The van der Waals surface area contributed by atoms with Crippen molar-refractivity contribution < 1.29 is 9.90 Å². The topological polar surface area (TPSA) is 103 Å². The first-order valence-corrected chi connectivity index (χ1v) is 11.9. The van der Waals surface area contributed by atoms with Crippen LogP contribution in [-0.2, 0) is 4.79 Å². The molecule has 4 unspecified atom stereocenters. The molecule has 168 valence electrons. The molecule has 0 aromatic carbocycles. The zero-order chi connectivity index (χ0) is 21.5. The fourth-order valence-corrected chi connectivity index (χ4v) is 6.50. The van der Waals surface area contributed by atoms with Crippen molar-refractivity contribution >= 4 is 11.7 Å². The molecule has 7 heteroatoms. The molecule has 0 aromatic rings. The maximum Gasteiger partial charge on any atom is 0.223 e. The van der Waals surface area contributed by atoms with Gasteiger partial charge in [-0.3, -0.25) is 9.79 Å². The van der Waals surface area contributed by atoms with Crippen LogP contribution in [0.25, 0.3) is 0 Å². The van der Waals surface area contributed by atoms with Crippen molar-refractivity contribution in [1.29, 1.82) is 0 Å². The van der Waals surface area contributed by atoms with Crippen LogP contribution in [0.1, 0.15) is 65.2 Å². The monoisotopic (exact) mass is 417 g/mol. The summed E-state index contributed by atoms with van der Waals surface area (Å²) in [6.07, 6.45) is 8.34. The highest BCUT2D eigenvalue weighted by Crippen LogP contribution is 2.44. The lowest BCUT2D eigenvalue weighted by atomic mass is 9.65. The highest BCUT2D eigenvalue weighted by Gasteiger charge is 2.57. The second kappa shape index (κ2) is 8.40. The molecule has 2 aliphatic heterocycles. The lowest BCUT2D eigenvalue weighted by Crippen LogP contribution is -2.64. The van der Waals surface area contributed by atoms with Crippen molar-refractivity contribution in [3.63, 3.8) is 0 Å². The Morgan fingerprint density at radius 3 is 2.83 bits per heavy atom. The van der Waals surface area contributed by atoms with Crippen LogP contribution < -0.4 is 16.4 Å². The Morgan fingerprint density at radius 1 is 1.33 bits per heavy atom. The Morgan fingerprint density at radius 2 is 2.07 bits per heavy atom. The maximum atomic E-state index is 13.3. The number of carbonyl (C=O) groups is 1. The van der Waals surface area contributed by atoms with Gasteiger partial charge in [-0.1, -0.05) is 45.6 Å². The molecule has 30 heavy (non-hydrogen) atoms. The van der Waals surface area contributed by atoms with Gasteiger partial charge < -0.3 is 26.4 Å². The Labute approximate surface area is 180 Å². The van der Waals surface area contributed by atoms with E-state index in [2.05, 4.69) is 27.1 Å². The van der Waals surface area contributed by atoms with Crippen molar-refractivity contribution in [3.05, 3.63) is 12.4 Å². The van der Waals surface area contributed by atoms with Crippen molar-refractivity contribution in [2.75, 3.05) is 13.1 Å². The van der Waals surface area contributed by atoms with E-state index >= 15 is 0 Å². The minimum Gasteiger partial charge on any atom is -0.388 e. The number of nitrogens with one attached hydrogen (secondary N) is 2. The average molecular weight is 418 g/mol. The Balaban J connectivity index is 1.50. The Kier molecular flexibility index (Phi) is 6.02. The minimum absolute atomic E-state index is 0.0903. The summed E-state index contributed by atoms with van der Waals surface area (Å²) < 4.78 is 0. The molecule has 7 nitrogen and oxygen atoms in total. The van der Waals surface area contributed by atoms with Crippen LogP contribution in [0.5, 0.6) is 0 Å². The molecule has 0 aromatic heterocycles. The van der Waals surface area contributed by atoms with Gasteiger partial charge in [-0.25, -0.2) is 0 Å². The van der Waals surface area contributed by atoms with Gasteiger partial charge in [0.1, 0.15) is 6.10 Å². The summed E-state index contributed by atoms with van der Waals surface area (Å²) in [5, 5.41) is 17.9. The van der Waals surface area contributed by atoms with E-state index in [1.54, 1.807) is 0 Å². The number of nitrogens with zero attached hydrogens (tertiary/aromatic N) is 2. The lowest BCUT2D eigenvalue weighted by Gasteiger charge is -2.48. The third-order valence-electron chi connectivity index (χ3n) is 8.36. The van der Waals surface area contributed by atoms with Gasteiger partial charge in [-0.2, -0.15) is 0 Å². The lowest BCUT2D eigenvalue weighted by molar-refractivity contribution is -0.131. The van der Waals surface area contributed by atoms with Gasteiger partial charge in [-0.05, 0) is 31.6 Å². The third-order valence-corrected chi connectivity index (χ3v) is 8.36. The number of rotatable bonds is 4. The fraction of sp³-hybridized carbons (Fsp3) is 0.826. The standard InChI is InChI=1S/C23H39N5O2/c1-4-20(24)27-19-12-25-14(2)28-13-18(21(29)23(19,28)3)26-22(30)17-11-7-9-15-8-5-6-10-16(15)17/h15-19,21,25,29H,2,4-13H2,1,3H3,(H2,24,27)(H,26,30)/t15?,16?,17?,18-,19?,21-,23+/m1/s1. The van der Waals surface area contributed by atoms with E-state index in [1.165, 1.54) is 32.1 Å². The van der Waals surface area contributed by atoms with Crippen LogP contribution >= 0.6 is 0 Å². The molecular formula is C23H39N5O2. The molecule has 0 radical (unpaired) electrons. The summed E-state index contributed by atoms with van der Waals surface area (Å²) in [5.41, 5.74) is 5.39. The second-order valence-electron chi connectivity index (χ2n) is 9.96. The van der Waals surface area contributed by atoms with E-state index < -0.39 is 11.6 Å². The summed E-state index contributed by atoms with van der Waals surface area (Å²) in [6.45, 7) is 9.25. The van der Waals surface area contributed by atoms with E-state index in [-0.39, 0.29) is 23.9 Å². The average Bonchev–Trinajstić information content (AvgIpc) is 3.01. The predicted molar refractivity (Wildman–Crippen MR) is 119 cm³/mol. The number of nitrogens with two attached hydrogens (primary N) is 1. The number of aliphatic hydroxyl groups is 1. The smallest absolute Gasteiger partial charge is 0.223 e. The fourth-order valence-electron chi connectivity index (χ4n) is 6.50. The summed E-state index contributed by atoms with van der Waals surface area (Å²) in [5.74, 6) is 2.81. The molecule has 0 spiro atoms. The van der Waals surface area contributed by atoms with Crippen molar-refractivity contribution in [3.8, 4) is 0 Å². The van der Waals surface area contributed by atoms with Crippen LogP contribution in [0, 0.1) is 17.8 Å². The molecule has 1 amide bonds. The number of hydrogen-bond donors (Lipinski definition) is 4. The Bertz CT molecular complexity index is 708. The number of hydrogen-bond acceptors (Lipinski definition) is 5. The molecule has 4 fully saturated rings. The first-order valence-electron chi connectivity index (χ1n) is 11.9. The summed E-state index contributed by atoms with van der Waals surface area (Å²) in [4.78, 5) is 20.1. The Hall–Kier alpha value is -1.76. The van der Waals surface area contributed by atoms with E-state index in [1.807, 2.05) is 13.8 Å². The van der Waals surface area contributed by atoms with Crippen LogP contribution in [-0.4, -0.2) is 58.6 Å². The number of aliphatic hydroxyl groups excluding tert-OH is 1. The van der Waals surface area contributed by atoms with Gasteiger partial charge in [0, 0.05) is 25.4 Å². The van der Waals surface area contributed by atoms with Crippen molar-refractivity contribution in [2.45, 2.75) is 88.9 Å². The number of fused-ring (bicyclic) bond motifs is 2. The van der Waals surface area contributed by atoms with Crippen LogP contribution in [0.2, 0.25) is 0 Å². The molecule has 4 aliphatic rings. The number of amidine groups is 1. The SMILES string of the molecule is C=C1NCC(N=C(N)CC)[C@@]2(C)[C@H](O)[C@H](NC(=O)C3CCCC4CCCCC43)CN12. The van der Waals surface area contributed by atoms with Gasteiger partial charge in [0.05, 0.1) is 29.3 Å². The van der Waals surface area contributed by atoms with Crippen LogP contribution in [0.3, 0.4) is 0 Å². The van der Waals surface area contributed by atoms with Gasteiger partial charge in [0.25, 0.3) is 0 Å². The maximum absolute atomic E-state index is 13.3. The molecule has 5 N–H and O–H groups in total. The number of aliphatic imine (C=N–C) groups is 1. The van der Waals surface area contributed by atoms with Gasteiger partial charge in [-0.15, -0.1) is 0 Å². The van der Waals surface area contributed by atoms with Crippen LogP contribution in [0.4, 0.5) is 0 Å². The predicted octanol–water partition coefficient (Wildman–Crippen LogP) is 1.72. The van der Waals surface area contributed by atoms with Gasteiger partial charge >= 0.3 is 0 Å². The van der Waals surface area contributed by atoms with Gasteiger partial charge in [0.15, 0.2) is 0 Å². The van der Waals surface area contributed by atoms with E-state index in [9.17, 15) is 9.90 Å². The molecule has 2 heterocycles. The number of carbonyl (C=O) groups excluding carboxylic acids is 1. The minimum atomic E-state index is -0.732. The summed E-state index contributed by atoms with van der Waals surface area (Å²) in [6, 6.07) is -0.527. The third kappa shape index (κ3) is 3.59. The highest BCUT2D eigenvalue weighted by molar-refractivity contribution is 5.80. The molecule has 7 atom stereocenters. The molecule has 2 saturated carbocycles.